The van der Waals surface area contributed by atoms with Crippen molar-refractivity contribution in [2.24, 2.45) is 0 Å². The number of aryl methyl sites for hydroxylation is 1. The van der Waals surface area contributed by atoms with E-state index in [2.05, 4.69) is 10.6 Å². The molecule has 1 aliphatic heterocycles. The molecular weight excluding hydrogens is 454 g/mol. The lowest BCUT2D eigenvalue weighted by Gasteiger charge is -2.21. The van der Waals surface area contributed by atoms with Crippen LogP contribution in [0.3, 0.4) is 0 Å². The number of hydrogen-bond donors (Lipinski definition) is 2. The van der Waals surface area contributed by atoms with E-state index in [1.54, 1.807) is 20.8 Å². The lowest BCUT2D eigenvalue weighted by molar-refractivity contribution is -0.117. The van der Waals surface area contributed by atoms with E-state index in [0.29, 0.717) is 25.0 Å². The second kappa shape index (κ2) is 9.96. The fourth-order valence-electron chi connectivity index (χ4n) is 3.31. The van der Waals surface area contributed by atoms with Gasteiger partial charge >= 0.3 is 6.09 Å². The van der Waals surface area contributed by atoms with E-state index in [-0.39, 0.29) is 17.2 Å². The van der Waals surface area contributed by atoms with Gasteiger partial charge in [-0.1, -0.05) is 6.07 Å². The highest BCUT2D eigenvalue weighted by molar-refractivity contribution is 7.17. The summed E-state index contributed by atoms with van der Waals surface area (Å²) in [7, 11) is 0. The third-order valence-electron chi connectivity index (χ3n) is 4.81. The Labute approximate surface area is 194 Å². The van der Waals surface area contributed by atoms with Gasteiger partial charge in [0.2, 0.25) is 11.7 Å². The fourth-order valence-corrected chi connectivity index (χ4v) is 4.56. The van der Waals surface area contributed by atoms with E-state index < -0.39 is 46.6 Å². The molecule has 3 rings (SSSR count). The zero-order valence-electron chi connectivity index (χ0n) is 18.8. The molecule has 0 bridgehead atoms. The number of ketones is 1. The lowest BCUT2D eigenvalue weighted by atomic mass is 9.98. The van der Waals surface area contributed by atoms with E-state index >= 15 is 0 Å². The number of carbonyl (C=O) groups excluding carboxylic acids is 3. The Balaban J connectivity index is 1.92. The van der Waals surface area contributed by atoms with Crippen molar-refractivity contribution in [2.75, 3.05) is 11.9 Å². The highest BCUT2D eigenvalue weighted by atomic mass is 32.1. The molecule has 2 aromatic rings. The van der Waals surface area contributed by atoms with Crippen LogP contribution in [0.1, 0.15) is 60.5 Å². The van der Waals surface area contributed by atoms with Gasteiger partial charge in [0.05, 0.1) is 17.7 Å². The van der Waals surface area contributed by atoms with E-state index in [4.69, 9.17) is 9.47 Å². The molecule has 1 atom stereocenters. The molecule has 10 heteroatoms. The summed E-state index contributed by atoms with van der Waals surface area (Å²) in [6, 6.07) is 2.18. The van der Waals surface area contributed by atoms with Gasteiger partial charge in [-0.2, -0.15) is 0 Å². The van der Waals surface area contributed by atoms with Crippen LogP contribution in [-0.4, -0.2) is 36.0 Å². The number of ether oxygens (including phenoxy) is 2. The smallest absolute Gasteiger partial charge is 0.408 e. The topological polar surface area (TPSA) is 93.7 Å². The van der Waals surface area contributed by atoms with Gasteiger partial charge < -0.3 is 20.1 Å². The van der Waals surface area contributed by atoms with Gasteiger partial charge in [-0.05, 0) is 52.7 Å². The monoisotopic (exact) mass is 480 g/mol. The van der Waals surface area contributed by atoms with Crippen LogP contribution in [0.15, 0.2) is 18.2 Å². The molecule has 1 aromatic carbocycles. The van der Waals surface area contributed by atoms with Gasteiger partial charge in [0, 0.05) is 17.0 Å². The van der Waals surface area contributed by atoms with E-state index in [1.807, 2.05) is 0 Å². The third-order valence-corrected chi connectivity index (χ3v) is 6.02. The molecule has 178 valence electrons. The molecular formula is C23H26F2N2O5S. The molecule has 2 heterocycles. The van der Waals surface area contributed by atoms with Crippen molar-refractivity contribution in [2.45, 2.75) is 58.8 Å². The summed E-state index contributed by atoms with van der Waals surface area (Å²) in [5, 5.41) is 5.22. The third kappa shape index (κ3) is 5.94. The Morgan fingerprint density at radius 3 is 2.45 bits per heavy atom. The number of carbonyl (C=O) groups is 3. The number of amides is 2. The average Bonchev–Trinajstić information content (AvgIpc) is 2.86. The molecule has 0 radical (unpaired) electrons. The zero-order valence-corrected chi connectivity index (χ0v) is 19.7. The summed E-state index contributed by atoms with van der Waals surface area (Å²) in [4.78, 5) is 38.8. The molecule has 1 aromatic heterocycles. The summed E-state index contributed by atoms with van der Waals surface area (Å²) in [5.74, 6) is -3.48. The molecule has 1 aliphatic rings. The first-order valence-corrected chi connectivity index (χ1v) is 11.3. The van der Waals surface area contributed by atoms with Gasteiger partial charge in [-0.15, -0.1) is 11.3 Å². The summed E-state index contributed by atoms with van der Waals surface area (Å²) in [5.41, 5.74) is -0.931. The quantitative estimate of drug-likeness (QED) is 0.612. The molecule has 2 N–H and O–H groups in total. The average molecular weight is 481 g/mol. The first kappa shape index (κ1) is 24.8. The Kier molecular flexibility index (Phi) is 7.48. The SMILES string of the molecule is C[C@H](NC(=O)OC(C)(C)C)C(=O)Nc1sc2c(c1C(=O)c1c(F)cccc1F)COCCC2. The van der Waals surface area contributed by atoms with Crippen molar-refractivity contribution >= 4 is 34.1 Å². The van der Waals surface area contributed by atoms with Gasteiger partial charge in [-0.3, -0.25) is 9.59 Å². The van der Waals surface area contributed by atoms with Crippen LogP contribution in [0.25, 0.3) is 0 Å². The second-order valence-corrected chi connectivity index (χ2v) is 9.75. The highest BCUT2D eigenvalue weighted by Gasteiger charge is 2.31. The summed E-state index contributed by atoms with van der Waals surface area (Å²) < 4.78 is 39.4. The summed E-state index contributed by atoms with van der Waals surface area (Å²) >= 11 is 1.16. The van der Waals surface area contributed by atoms with E-state index in [0.717, 1.165) is 28.3 Å². The number of nitrogens with one attached hydrogen (secondary N) is 2. The van der Waals surface area contributed by atoms with Crippen LogP contribution in [0, 0.1) is 11.6 Å². The van der Waals surface area contributed by atoms with Gasteiger partial charge in [-0.25, -0.2) is 13.6 Å². The number of hydrogen-bond acceptors (Lipinski definition) is 6. The number of halogens is 2. The maximum atomic E-state index is 14.4. The van der Waals surface area contributed by atoms with Crippen molar-refractivity contribution in [1.29, 1.82) is 0 Å². The summed E-state index contributed by atoms with van der Waals surface area (Å²) in [6.45, 7) is 7.11. The van der Waals surface area contributed by atoms with Gasteiger partial charge in [0.25, 0.3) is 0 Å². The summed E-state index contributed by atoms with van der Waals surface area (Å²) in [6.07, 6.45) is 0.533. The van der Waals surface area contributed by atoms with Crippen molar-refractivity contribution in [3.63, 3.8) is 0 Å². The Hall–Kier alpha value is -2.85. The highest BCUT2D eigenvalue weighted by Crippen LogP contribution is 2.38. The molecule has 7 nitrogen and oxygen atoms in total. The van der Waals surface area contributed by atoms with Crippen LogP contribution in [0.4, 0.5) is 18.6 Å². The number of rotatable bonds is 5. The van der Waals surface area contributed by atoms with Crippen LogP contribution < -0.4 is 10.6 Å². The zero-order chi connectivity index (χ0) is 24.3. The van der Waals surface area contributed by atoms with Crippen LogP contribution in [-0.2, 0) is 27.3 Å². The van der Waals surface area contributed by atoms with Crippen molar-refractivity contribution in [3.05, 3.63) is 51.4 Å². The molecule has 0 aliphatic carbocycles. The predicted molar refractivity (Wildman–Crippen MR) is 120 cm³/mol. The predicted octanol–water partition coefficient (Wildman–Crippen LogP) is 4.57. The second-order valence-electron chi connectivity index (χ2n) is 8.65. The number of alkyl carbamates (subject to hydrolysis) is 1. The molecule has 33 heavy (non-hydrogen) atoms. The first-order chi connectivity index (χ1) is 15.5. The largest absolute Gasteiger partial charge is 0.444 e. The number of anilines is 1. The molecule has 0 saturated carbocycles. The fraction of sp³-hybridized carbons (Fsp3) is 0.435. The molecule has 0 fully saturated rings. The lowest BCUT2D eigenvalue weighted by Crippen LogP contribution is -2.44. The maximum absolute atomic E-state index is 14.4. The van der Waals surface area contributed by atoms with E-state index in [9.17, 15) is 23.2 Å². The van der Waals surface area contributed by atoms with Crippen LogP contribution >= 0.6 is 11.3 Å². The normalized spacial score (nSPS) is 14.6. The van der Waals surface area contributed by atoms with Gasteiger partial charge in [0.1, 0.15) is 28.3 Å². The van der Waals surface area contributed by atoms with Crippen LogP contribution in [0.5, 0.6) is 0 Å². The maximum Gasteiger partial charge on any atom is 0.408 e. The van der Waals surface area contributed by atoms with Gasteiger partial charge in [0.15, 0.2) is 0 Å². The molecule has 2 amide bonds. The minimum Gasteiger partial charge on any atom is -0.444 e. The number of thiophene rings is 1. The Morgan fingerprint density at radius 1 is 1.15 bits per heavy atom. The minimum atomic E-state index is -0.994. The van der Waals surface area contributed by atoms with Crippen molar-refractivity contribution < 1.29 is 32.6 Å². The van der Waals surface area contributed by atoms with E-state index in [1.165, 1.54) is 13.0 Å². The Morgan fingerprint density at radius 2 is 1.82 bits per heavy atom. The molecule has 0 spiro atoms. The Bertz CT molecular complexity index is 1060. The first-order valence-electron chi connectivity index (χ1n) is 10.5. The van der Waals surface area contributed by atoms with Crippen molar-refractivity contribution in [1.82, 2.24) is 5.32 Å². The van der Waals surface area contributed by atoms with Crippen LogP contribution in [0.2, 0.25) is 0 Å². The standard InChI is InChI=1S/C23H26F2N2O5S/c1-12(26-22(30)32-23(2,3)4)20(29)27-21-17(13-11-31-10-6-9-16(13)33-21)19(28)18-14(24)7-5-8-15(18)25/h5,7-8,12H,6,9-11H2,1-4H3,(H,26,30)(H,27,29)/t12-/m0/s1. The molecule has 0 saturated heterocycles. The number of benzene rings is 1. The number of fused-ring (bicyclic) bond motifs is 1. The molecule has 0 unspecified atom stereocenters. The van der Waals surface area contributed by atoms with Crippen molar-refractivity contribution in [3.8, 4) is 0 Å². The minimum absolute atomic E-state index is 0.00119.